The molecule has 0 saturated carbocycles. The highest BCUT2D eigenvalue weighted by Crippen LogP contribution is 2.33. The Kier molecular flexibility index (Phi) is 3.32. The van der Waals surface area contributed by atoms with Crippen LogP contribution in [0.15, 0.2) is 48.1 Å². The van der Waals surface area contributed by atoms with E-state index < -0.39 is 6.10 Å². The SMILES string of the molecule is CCc1cnccc1C(O)c1cccc2ccsc12. The van der Waals surface area contributed by atoms with Crippen LogP contribution in [0.2, 0.25) is 0 Å². The Morgan fingerprint density at radius 3 is 2.95 bits per heavy atom. The molecule has 3 heteroatoms. The van der Waals surface area contributed by atoms with Gasteiger partial charge in [0, 0.05) is 22.7 Å². The number of nitrogens with zero attached hydrogens (tertiary/aromatic N) is 1. The van der Waals surface area contributed by atoms with Gasteiger partial charge in [0.1, 0.15) is 6.10 Å². The zero-order valence-corrected chi connectivity index (χ0v) is 11.5. The van der Waals surface area contributed by atoms with Gasteiger partial charge in [-0.1, -0.05) is 25.1 Å². The van der Waals surface area contributed by atoms with E-state index in [0.717, 1.165) is 27.8 Å². The zero-order valence-electron chi connectivity index (χ0n) is 10.7. The summed E-state index contributed by atoms with van der Waals surface area (Å²) >= 11 is 1.67. The number of hydrogen-bond acceptors (Lipinski definition) is 3. The molecule has 0 spiro atoms. The van der Waals surface area contributed by atoms with Gasteiger partial charge in [-0.15, -0.1) is 11.3 Å². The smallest absolute Gasteiger partial charge is 0.106 e. The Morgan fingerprint density at radius 2 is 2.11 bits per heavy atom. The molecule has 0 saturated heterocycles. The number of pyridine rings is 1. The van der Waals surface area contributed by atoms with Gasteiger partial charge in [0.2, 0.25) is 0 Å². The normalized spacial score (nSPS) is 12.7. The Labute approximate surface area is 116 Å². The van der Waals surface area contributed by atoms with Crippen molar-refractivity contribution in [1.82, 2.24) is 4.98 Å². The predicted octanol–water partition coefficient (Wildman–Crippen LogP) is 3.94. The molecule has 1 unspecified atom stereocenters. The Balaban J connectivity index is 2.13. The van der Waals surface area contributed by atoms with Crippen LogP contribution in [0.4, 0.5) is 0 Å². The lowest BCUT2D eigenvalue weighted by atomic mass is 9.96. The fourth-order valence-electron chi connectivity index (χ4n) is 2.40. The standard InChI is InChI=1S/C16H15NOS/c1-2-11-10-17-8-6-13(11)15(18)14-5-3-4-12-7-9-19-16(12)14/h3-10,15,18H,2H2,1H3. The van der Waals surface area contributed by atoms with Crippen LogP contribution in [0.25, 0.3) is 10.1 Å². The monoisotopic (exact) mass is 269 g/mol. The van der Waals surface area contributed by atoms with E-state index in [4.69, 9.17) is 0 Å². The lowest BCUT2D eigenvalue weighted by molar-refractivity contribution is 0.221. The number of aryl methyl sites for hydroxylation is 1. The predicted molar refractivity (Wildman–Crippen MR) is 79.5 cm³/mol. The van der Waals surface area contributed by atoms with Crippen molar-refractivity contribution in [3.05, 3.63) is 64.8 Å². The molecule has 96 valence electrons. The molecule has 1 atom stereocenters. The first-order valence-electron chi connectivity index (χ1n) is 6.38. The molecular weight excluding hydrogens is 254 g/mol. The molecule has 1 N–H and O–H groups in total. The maximum absolute atomic E-state index is 10.7. The van der Waals surface area contributed by atoms with Crippen LogP contribution in [0.5, 0.6) is 0 Å². The van der Waals surface area contributed by atoms with Crippen molar-refractivity contribution in [2.24, 2.45) is 0 Å². The molecule has 0 bridgehead atoms. The molecule has 0 aliphatic heterocycles. The van der Waals surface area contributed by atoms with E-state index in [1.807, 2.05) is 24.4 Å². The molecule has 1 aromatic carbocycles. The van der Waals surface area contributed by atoms with Crippen LogP contribution in [0, 0.1) is 0 Å². The topological polar surface area (TPSA) is 33.1 Å². The first-order chi connectivity index (χ1) is 9.31. The number of aromatic nitrogens is 1. The van der Waals surface area contributed by atoms with Crippen LogP contribution in [-0.4, -0.2) is 10.1 Å². The van der Waals surface area contributed by atoms with Gasteiger partial charge in [-0.25, -0.2) is 0 Å². The van der Waals surface area contributed by atoms with Crippen molar-refractivity contribution in [1.29, 1.82) is 0 Å². The quantitative estimate of drug-likeness (QED) is 0.781. The van der Waals surface area contributed by atoms with Gasteiger partial charge < -0.3 is 5.11 Å². The number of benzene rings is 1. The van der Waals surface area contributed by atoms with Crippen molar-refractivity contribution in [2.45, 2.75) is 19.4 Å². The number of fused-ring (bicyclic) bond motifs is 1. The van der Waals surface area contributed by atoms with Gasteiger partial charge in [0.15, 0.2) is 0 Å². The Morgan fingerprint density at radius 1 is 1.21 bits per heavy atom. The zero-order chi connectivity index (χ0) is 13.2. The number of thiophene rings is 1. The van der Waals surface area contributed by atoms with E-state index in [2.05, 4.69) is 29.4 Å². The molecular formula is C16H15NOS. The third-order valence-electron chi connectivity index (χ3n) is 3.42. The molecule has 2 heterocycles. The highest BCUT2D eigenvalue weighted by Gasteiger charge is 2.16. The summed E-state index contributed by atoms with van der Waals surface area (Å²) in [6, 6.07) is 10.1. The maximum atomic E-state index is 10.7. The summed E-state index contributed by atoms with van der Waals surface area (Å²) in [4.78, 5) is 4.14. The largest absolute Gasteiger partial charge is 0.384 e. The minimum atomic E-state index is -0.583. The molecule has 0 aliphatic carbocycles. The molecule has 3 aromatic rings. The van der Waals surface area contributed by atoms with E-state index in [-0.39, 0.29) is 0 Å². The third kappa shape index (κ3) is 2.15. The van der Waals surface area contributed by atoms with Gasteiger partial charge in [-0.3, -0.25) is 4.98 Å². The Bertz CT molecular complexity index is 705. The van der Waals surface area contributed by atoms with Crippen molar-refractivity contribution in [2.75, 3.05) is 0 Å². The lowest BCUT2D eigenvalue weighted by Gasteiger charge is -2.15. The summed E-state index contributed by atoms with van der Waals surface area (Å²) in [6.45, 7) is 2.08. The van der Waals surface area contributed by atoms with E-state index in [9.17, 15) is 5.11 Å². The summed E-state index contributed by atoms with van der Waals surface area (Å²) < 4.78 is 1.16. The molecule has 0 amide bonds. The second-order valence-corrected chi connectivity index (χ2v) is 5.43. The molecule has 0 radical (unpaired) electrons. The van der Waals surface area contributed by atoms with Crippen molar-refractivity contribution in [3.8, 4) is 0 Å². The molecule has 3 rings (SSSR count). The van der Waals surface area contributed by atoms with Crippen molar-refractivity contribution < 1.29 is 5.11 Å². The molecule has 2 nitrogen and oxygen atoms in total. The second-order valence-electron chi connectivity index (χ2n) is 4.52. The fraction of sp³-hybridized carbons (Fsp3) is 0.188. The average molecular weight is 269 g/mol. The summed E-state index contributed by atoms with van der Waals surface area (Å²) in [5, 5.41) is 14.0. The molecule has 0 fully saturated rings. The van der Waals surface area contributed by atoms with Gasteiger partial charge in [0.25, 0.3) is 0 Å². The first-order valence-corrected chi connectivity index (χ1v) is 7.26. The molecule has 19 heavy (non-hydrogen) atoms. The van der Waals surface area contributed by atoms with Gasteiger partial charge in [-0.05, 0) is 40.4 Å². The van der Waals surface area contributed by atoms with Crippen molar-refractivity contribution >= 4 is 21.4 Å². The summed E-state index contributed by atoms with van der Waals surface area (Å²) in [7, 11) is 0. The van der Waals surface area contributed by atoms with Crippen molar-refractivity contribution in [3.63, 3.8) is 0 Å². The fourth-order valence-corrected chi connectivity index (χ4v) is 3.34. The summed E-state index contributed by atoms with van der Waals surface area (Å²) in [5.74, 6) is 0. The first kappa shape index (κ1) is 12.3. The minimum Gasteiger partial charge on any atom is -0.384 e. The second kappa shape index (κ2) is 5.11. The molecule has 0 aliphatic rings. The number of hydrogen-bond donors (Lipinski definition) is 1. The Hall–Kier alpha value is -1.71. The third-order valence-corrected chi connectivity index (χ3v) is 4.40. The highest BCUT2D eigenvalue weighted by molar-refractivity contribution is 7.17. The van der Waals surface area contributed by atoms with Crippen LogP contribution in [0.3, 0.4) is 0 Å². The van der Waals surface area contributed by atoms with Crippen LogP contribution < -0.4 is 0 Å². The van der Waals surface area contributed by atoms with E-state index in [1.54, 1.807) is 17.5 Å². The number of aliphatic hydroxyl groups excluding tert-OH is 1. The van der Waals surface area contributed by atoms with E-state index in [1.165, 1.54) is 5.39 Å². The summed E-state index contributed by atoms with van der Waals surface area (Å²) in [5.41, 5.74) is 3.04. The minimum absolute atomic E-state index is 0.583. The van der Waals surface area contributed by atoms with Crippen LogP contribution in [-0.2, 0) is 6.42 Å². The number of rotatable bonds is 3. The van der Waals surface area contributed by atoms with Gasteiger partial charge >= 0.3 is 0 Å². The van der Waals surface area contributed by atoms with E-state index in [0.29, 0.717) is 0 Å². The van der Waals surface area contributed by atoms with Crippen LogP contribution >= 0.6 is 11.3 Å². The summed E-state index contributed by atoms with van der Waals surface area (Å²) in [6.07, 6.45) is 3.88. The maximum Gasteiger partial charge on any atom is 0.106 e. The van der Waals surface area contributed by atoms with Gasteiger partial charge in [0.05, 0.1) is 0 Å². The average Bonchev–Trinajstić information content (AvgIpc) is 2.94. The van der Waals surface area contributed by atoms with E-state index >= 15 is 0 Å². The number of aliphatic hydroxyl groups is 1. The lowest BCUT2D eigenvalue weighted by Crippen LogP contribution is -2.04. The highest BCUT2D eigenvalue weighted by atomic mass is 32.1. The van der Waals surface area contributed by atoms with Crippen LogP contribution in [0.1, 0.15) is 29.7 Å². The molecule has 2 aromatic heterocycles. The van der Waals surface area contributed by atoms with Gasteiger partial charge in [-0.2, -0.15) is 0 Å².